The first-order valence-corrected chi connectivity index (χ1v) is 8.38. The van der Waals surface area contributed by atoms with Crippen LogP contribution in [0.15, 0.2) is 28.2 Å². The summed E-state index contributed by atoms with van der Waals surface area (Å²) in [5.41, 5.74) is 11.5. The SMILES string of the molecule is CCOc1ccc(N2C(N)=NC(N)=NC23CCCCC3)c([N+](=O)[O-])c1. The van der Waals surface area contributed by atoms with Crippen LogP contribution in [-0.2, 0) is 0 Å². The Balaban J connectivity index is 2.12. The van der Waals surface area contributed by atoms with E-state index in [2.05, 4.69) is 9.98 Å². The Morgan fingerprint density at radius 3 is 2.68 bits per heavy atom. The van der Waals surface area contributed by atoms with E-state index < -0.39 is 10.6 Å². The van der Waals surface area contributed by atoms with Crippen LogP contribution < -0.4 is 21.1 Å². The fraction of sp³-hybridized carbons (Fsp3) is 0.500. The summed E-state index contributed by atoms with van der Waals surface area (Å²) < 4.78 is 5.39. The zero-order valence-corrected chi connectivity index (χ0v) is 14.1. The lowest BCUT2D eigenvalue weighted by Gasteiger charge is -2.45. The number of nitrogens with two attached hydrogens (primary N) is 2. The predicted octanol–water partition coefficient (Wildman–Crippen LogP) is 2.10. The summed E-state index contributed by atoms with van der Waals surface area (Å²) in [7, 11) is 0. The molecule has 0 bridgehead atoms. The molecule has 9 heteroatoms. The summed E-state index contributed by atoms with van der Waals surface area (Å²) in [4.78, 5) is 21.5. The van der Waals surface area contributed by atoms with Crippen molar-refractivity contribution in [2.24, 2.45) is 21.5 Å². The fourth-order valence-corrected chi connectivity index (χ4v) is 3.56. The average molecular weight is 346 g/mol. The second-order valence-corrected chi connectivity index (χ2v) is 6.16. The van der Waals surface area contributed by atoms with Gasteiger partial charge in [0.2, 0.25) is 11.9 Å². The van der Waals surface area contributed by atoms with E-state index >= 15 is 0 Å². The van der Waals surface area contributed by atoms with E-state index in [1.165, 1.54) is 6.07 Å². The monoisotopic (exact) mass is 346 g/mol. The second kappa shape index (κ2) is 6.58. The van der Waals surface area contributed by atoms with Crippen LogP contribution in [0, 0.1) is 10.1 Å². The van der Waals surface area contributed by atoms with Gasteiger partial charge in [-0.1, -0.05) is 6.42 Å². The molecule has 1 fully saturated rings. The van der Waals surface area contributed by atoms with Crippen molar-refractivity contribution < 1.29 is 9.66 Å². The van der Waals surface area contributed by atoms with Gasteiger partial charge >= 0.3 is 0 Å². The minimum Gasteiger partial charge on any atom is -0.494 e. The maximum absolute atomic E-state index is 11.6. The van der Waals surface area contributed by atoms with Crippen LogP contribution in [0.3, 0.4) is 0 Å². The topological polar surface area (TPSA) is 132 Å². The molecule has 1 aliphatic heterocycles. The molecule has 4 N–H and O–H groups in total. The Morgan fingerprint density at radius 1 is 1.32 bits per heavy atom. The lowest BCUT2D eigenvalue weighted by atomic mass is 9.87. The van der Waals surface area contributed by atoms with Gasteiger partial charge in [-0.05, 0) is 44.7 Å². The van der Waals surface area contributed by atoms with Gasteiger partial charge in [-0.15, -0.1) is 0 Å². The molecule has 2 aliphatic rings. The quantitative estimate of drug-likeness (QED) is 0.633. The molecule has 25 heavy (non-hydrogen) atoms. The second-order valence-electron chi connectivity index (χ2n) is 6.16. The standard InChI is InChI=1S/C16H22N6O3/c1-2-25-11-6-7-12(13(10-11)22(23)24)21-15(18)19-14(17)20-16(21)8-4-3-5-9-16/h6-7,10H,2-5,8-9H2,1H3,(H4,17,18,19,20). The maximum atomic E-state index is 11.6. The largest absolute Gasteiger partial charge is 0.494 e. The van der Waals surface area contributed by atoms with Gasteiger partial charge in [0.1, 0.15) is 17.1 Å². The molecule has 1 aliphatic carbocycles. The van der Waals surface area contributed by atoms with Crippen LogP contribution in [0.25, 0.3) is 0 Å². The molecule has 3 rings (SSSR count). The van der Waals surface area contributed by atoms with E-state index in [1.54, 1.807) is 17.0 Å². The van der Waals surface area contributed by atoms with Crippen LogP contribution >= 0.6 is 0 Å². The van der Waals surface area contributed by atoms with E-state index in [-0.39, 0.29) is 17.6 Å². The van der Waals surface area contributed by atoms with Gasteiger partial charge in [0.05, 0.1) is 17.6 Å². The maximum Gasteiger partial charge on any atom is 0.296 e. The molecular formula is C16H22N6O3. The summed E-state index contributed by atoms with van der Waals surface area (Å²) in [6, 6.07) is 4.74. The number of benzene rings is 1. The predicted molar refractivity (Wildman–Crippen MR) is 95.8 cm³/mol. The lowest BCUT2D eigenvalue weighted by Crippen LogP contribution is -2.58. The van der Waals surface area contributed by atoms with Gasteiger partial charge in [-0.3, -0.25) is 15.0 Å². The molecule has 1 spiro atoms. The molecule has 134 valence electrons. The van der Waals surface area contributed by atoms with Crippen molar-refractivity contribution in [1.29, 1.82) is 0 Å². The highest BCUT2D eigenvalue weighted by molar-refractivity contribution is 6.06. The third kappa shape index (κ3) is 3.09. The van der Waals surface area contributed by atoms with E-state index in [0.29, 0.717) is 30.9 Å². The molecule has 1 aromatic carbocycles. The third-order valence-corrected chi connectivity index (χ3v) is 4.55. The summed E-state index contributed by atoms with van der Waals surface area (Å²) >= 11 is 0. The highest BCUT2D eigenvalue weighted by atomic mass is 16.6. The van der Waals surface area contributed by atoms with Crippen LogP contribution in [-0.4, -0.2) is 29.1 Å². The Morgan fingerprint density at radius 2 is 2.04 bits per heavy atom. The molecule has 1 saturated carbocycles. The van der Waals surface area contributed by atoms with Gasteiger partial charge in [0, 0.05) is 0 Å². The smallest absolute Gasteiger partial charge is 0.296 e. The highest BCUT2D eigenvalue weighted by Gasteiger charge is 2.44. The molecule has 9 nitrogen and oxygen atoms in total. The average Bonchev–Trinajstić information content (AvgIpc) is 2.56. The minimum absolute atomic E-state index is 0.0929. The Labute approximate surface area is 145 Å². The van der Waals surface area contributed by atoms with Crippen LogP contribution in [0.2, 0.25) is 0 Å². The number of nitro benzene ring substituents is 1. The molecular weight excluding hydrogens is 324 g/mol. The Bertz CT molecular complexity index is 739. The number of guanidine groups is 2. The van der Waals surface area contributed by atoms with Gasteiger partial charge in [-0.25, -0.2) is 4.99 Å². The summed E-state index contributed by atoms with van der Waals surface area (Å²) in [6.45, 7) is 2.25. The number of nitrogens with zero attached hydrogens (tertiary/aromatic N) is 4. The van der Waals surface area contributed by atoms with Crippen molar-refractivity contribution in [3.05, 3.63) is 28.3 Å². The molecule has 1 aromatic rings. The zero-order chi connectivity index (χ0) is 18.0. The number of nitro groups is 1. The normalized spacial score (nSPS) is 19.3. The minimum atomic E-state index is -0.716. The summed E-state index contributed by atoms with van der Waals surface area (Å²) in [6.07, 6.45) is 4.42. The van der Waals surface area contributed by atoms with Crippen molar-refractivity contribution in [3.8, 4) is 5.75 Å². The first-order chi connectivity index (χ1) is 12.0. The Kier molecular flexibility index (Phi) is 4.47. The molecule has 0 atom stereocenters. The number of anilines is 1. The van der Waals surface area contributed by atoms with Crippen LogP contribution in [0.4, 0.5) is 11.4 Å². The molecule has 0 amide bonds. The highest BCUT2D eigenvalue weighted by Crippen LogP contribution is 2.43. The molecule has 0 saturated heterocycles. The third-order valence-electron chi connectivity index (χ3n) is 4.55. The van der Waals surface area contributed by atoms with E-state index in [0.717, 1.165) is 19.3 Å². The summed E-state index contributed by atoms with van der Waals surface area (Å²) in [5, 5.41) is 11.6. The fourth-order valence-electron chi connectivity index (χ4n) is 3.56. The van der Waals surface area contributed by atoms with E-state index in [9.17, 15) is 10.1 Å². The van der Waals surface area contributed by atoms with E-state index in [1.807, 2.05) is 6.92 Å². The molecule has 0 unspecified atom stereocenters. The number of ether oxygens (including phenoxy) is 1. The van der Waals surface area contributed by atoms with Crippen LogP contribution in [0.5, 0.6) is 5.75 Å². The lowest BCUT2D eigenvalue weighted by molar-refractivity contribution is -0.384. The number of aliphatic imine (C=N–C) groups is 2. The van der Waals surface area contributed by atoms with Crippen molar-refractivity contribution in [2.45, 2.75) is 44.7 Å². The van der Waals surface area contributed by atoms with Gasteiger partial charge in [-0.2, -0.15) is 4.99 Å². The van der Waals surface area contributed by atoms with Gasteiger partial charge in [0.25, 0.3) is 5.69 Å². The van der Waals surface area contributed by atoms with Crippen molar-refractivity contribution >= 4 is 23.3 Å². The van der Waals surface area contributed by atoms with Crippen LogP contribution in [0.1, 0.15) is 39.0 Å². The zero-order valence-electron chi connectivity index (χ0n) is 14.1. The number of hydrogen-bond acceptors (Lipinski definition) is 8. The van der Waals surface area contributed by atoms with Crippen molar-refractivity contribution in [3.63, 3.8) is 0 Å². The first kappa shape index (κ1) is 17.0. The molecule has 1 heterocycles. The van der Waals surface area contributed by atoms with Gasteiger partial charge < -0.3 is 16.2 Å². The number of rotatable bonds is 4. The van der Waals surface area contributed by atoms with Crippen molar-refractivity contribution in [1.82, 2.24) is 0 Å². The van der Waals surface area contributed by atoms with Gasteiger partial charge in [0.15, 0.2) is 0 Å². The summed E-state index contributed by atoms with van der Waals surface area (Å²) in [5.74, 6) is 0.678. The van der Waals surface area contributed by atoms with Crippen molar-refractivity contribution in [2.75, 3.05) is 11.5 Å². The number of hydrogen-bond donors (Lipinski definition) is 2. The first-order valence-electron chi connectivity index (χ1n) is 8.38. The molecule has 0 radical (unpaired) electrons. The molecule has 0 aromatic heterocycles. The van der Waals surface area contributed by atoms with E-state index in [4.69, 9.17) is 16.2 Å². The Hall–Kier alpha value is -2.84.